The van der Waals surface area contributed by atoms with Gasteiger partial charge in [0.2, 0.25) is 0 Å². The summed E-state index contributed by atoms with van der Waals surface area (Å²) in [5.74, 6) is -0.263. The van der Waals surface area contributed by atoms with E-state index in [1.54, 1.807) is 0 Å². The van der Waals surface area contributed by atoms with Gasteiger partial charge < -0.3 is 14.3 Å². The summed E-state index contributed by atoms with van der Waals surface area (Å²) in [6.07, 6.45) is 27.8. The minimum Gasteiger partial charge on any atom is -0.481 e. The highest BCUT2D eigenvalue weighted by Gasteiger charge is 2.24. The van der Waals surface area contributed by atoms with Gasteiger partial charge in [-0.05, 0) is 12.3 Å². The third-order valence-electron chi connectivity index (χ3n) is 7.58. The second kappa shape index (κ2) is 24.9. The molecule has 0 heterocycles. The van der Waals surface area contributed by atoms with Crippen molar-refractivity contribution in [2.24, 2.45) is 5.92 Å². The third kappa shape index (κ3) is 27.9. The molecule has 2 atom stereocenters. The molecule has 1 N–H and O–H groups in total. The van der Waals surface area contributed by atoms with Crippen LogP contribution in [0.1, 0.15) is 162 Å². The molecule has 5 heteroatoms. The first-order chi connectivity index (χ1) is 18.1. The summed E-state index contributed by atoms with van der Waals surface area (Å²) in [7, 11) is 5.93. The van der Waals surface area contributed by atoms with Crippen LogP contribution >= 0.6 is 0 Å². The van der Waals surface area contributed by atoms with Gasteiger partial charge in [0.15, 0.2) is 6.10 Å². The fourth-order valence-electron chi connectivity index (χ4n) is 5.32. The number of ether oxygens (including phenoxy) is 1. The zero-order valence-electron chi connectivity index (χ0n) is 26.2. The number of likely N-dealkylation sites (N-methyl/N-ethyl adjacent to an activating group) is 1. The SMILES string of the molecule is CCCCCCCCCC(C)CCCCCCCCCCCCCCC(=O)OC(CC(=O)O)C[N+](C)(C)C. The Labute approximate surface area is 237 Å². The monoisotopic (exact) mass is 540 g/mol. The standard InChI is InChI=1S/C33H65NO4/c1-6-7-8-9-16-19-22-25-30(2)26-23-20-17-14-12-10-11-13-15-18-21-24-27-33(37)38-31(28-32(35)36)29-34(3,4)5/h30-31H,6-29H2,1-5H3/p+1. The van der Waals surface area contributed by atoms with Crippen LogP contribution in [0.3, 0.4) is 0 Å². The van der Waals surface area contributed by atoms with Crippen molar-refractivity contribution in [2.45, 2.75) is 168 Å². The van der Waals surface area contributed by atoms with Gasteiger partial charge in [0.25, 0.3) is 0 Å². The van der Waals surface area contributed by atoms with E-state index in [1.807, 2.05) is 21.1 Å². The maximum atomic E-state index is 12.1. The molecule has 0 rings (SSSR count). The summed E-state index contributed by atoms with van der Waals surface area (Å²) >= 11 is 0. The van der Waals surface area contributed by atoms with Crippen molar-refractivity contribution in [2.75, 3.05) is 27.7 Å². The average molecular weight is 541 g/mol. The highest BCUT2D eigenvalue weighted by Crippen LogP contribution is 2.19. The highest BCUT2D eigenvalue weighted by atomic mass is 16.5. The average Bonchev–Trinajstić information content (AvgIpc) is 2.82. The van der Waals surface area contributed by atoms with Crippen LogP contribution in [-0.4, -0.2) is 55.3 Å². The molecule has 226 valence electrons. The van der Waals surface area contributed by atoms with Crippen LogP contribution < -0.4 is 0 Å². The minimum absolute atomic E-state index is 0.125. The summed E-state index contributed by atoms with van der Waals surface area (Å²) in [6.45, 7) is 5.25. The van der Waals surface area contributed by atoms with Gasteiger partial charge in [-0.15, -0.1) is 0 Å². The van der Waals surface area contributed by atoms with Gasteiger partial charge in [0.1, 0.15) is 6.54 Å². The van der Waals surface area contributed by atoms with Crippen molar-refractivity contribution in [1.82, 2.24) is 0 Å². The highest BCUT2D eigenvalue weighted by molar-refractivity contribution is 5.71. The molecular weight excluding hydrogens is 474 g/mol. The molecule has 0 spiro atoms. The fraction of sp³-hybridized carbons (Fsp3) is 0.939. The molecule has 0 amide bonds. The Kier molecular flexibility index (Phi) is 24.2. The van der Waals surface area contributed by atoms with Crippen molar-refractivity contribution in [3.05, 3.63) is 0 Å². The lowest BCUT2D eigenvalue weighted by Crippen LogP contribution is -2.43. The van der Waals surface area contributed by atoms with Crippen molar-refractivity contribution in [3.63, 3.8) is 0 Å². The lowest BCUT2D eigenvalue weighted by atomic mass is 9.95. The van der Waals surface area contributed by atoms with Crippen molar-refractivity contribution in [1.29, 1.82) is 0 Å². The summed E-state index contributed by atoms with van der Waals surface area (Å²) in [4.78, 5) is 23.2. The molecule has 0 radical (unpaired) electrons. The van der Waals surface area contributed by atoms with Crippen LogP contribution in [0.2, 0.25) is 0 Å². The van der Waals surface area contributed by atoms with E-state index in [0.29, 0.717) is 17.4 Å². The number of unbranched alkanes of at least 4 members (excludes halogenated alkanes) is 17. The van der Waals surface area contributed by atoms with Gasteiger partial charge in [-0.1, -0.05) is 142 Å². The molecule has 0 saturated carbocycles. The Morgan fingerprint density at radius 2 is 1.05 bits per heavy atom. The topological polar surface area (TPSA) is 63.6 Å². The molecule has 0 aliphatic heterocycles. The fourth-order valence-corrected chi connectivity index (χ4v) is 5.32. The molecule has 2 unspecified atom stereocenters. The molecule has 0 fully saturated rings. The van der Waals surface area contributed by atoms with Crippen LogP contribution in [-0.2, 0) is 14.3 Å². The van der Waals surface area contributed by atoms with Crippen LogP contribution in [0.25, 0.3) is 0 Å². The van der Waals surface area contributed by atoms with Gasteiger partial charge in [0, 0.05) is 6.42 Å². The Morgan fingerprint density at radius 3 is 1.45 bits per heavy atom. The van der Waals surface area contributed by atoms with Crippen molar-refractivity contribution < 1.29 is 23.9 Å². The Morgan fingerprint density at radius 1 is 0.658 bits per heavy atom. The first-order valence-corrected chi connectivity index (χ1v) is 16.4. The Hall–Kier alpha value is -1.10. The molecule has 5 nitrogen and oxygen atoms in total. The number of carboxylic acids is 1. The summed E-state index contributed by atoms with van der Waals surface area (Å²) < 4.78 is 6.03. The van der Waals surface area contributed by atoms with E-state index in [1.165, 1.54) is 122 Å². The predicted octanol–water partition coefficient (Wildman–Crippen LogP) is 9.32. The number of hydrogen-bond acceptors (Lipinski definition) is 3. The molecule has 0 aromatic heterocycles. The second-order valence-electron chi connectivity index (χ2n) is 13.0. The number of aliphatic carboxylic acids is 1. The first kappa shape index (κ1) is 36.9. The quantitative estimate of drug-likeness (QED) is 0.0610. The maximum absolute atomic E-state index is 12.1. The molecular formula is C33H66NO4+. The summed E-state index contributed by atoms with van der Waals surface area (Å²) in [5, 5.41) is 9.07. The number of hydrogen-bond donors (Lipinski definition) is 1. The van der Waals surface area contributed by atoms with Gasteiger partial charge in [0.05, 0.1) is 27.6 Å². The van der Waals surface area contributed by atoms with Gasteiger partial charge >= 0.3 is 11.9 Å². The normalized spacial score (nSPS) is 13.4. The van der Waals surface area contributed by atoms with E-state index in [-0.39, 0.29) is 12.4 Å². The van der Waals surface area contributed by atoms with Gasteiger partial charge in [-0.25, -0.2) is 0 Å². The molecule has 0 aromatic carbocycles. The van der Waals surface area contributed by atoms with Crippen LogP contribution in [0.4, 0.5) is 0 Å². The number of carbonyl (C=O) groups excluding carboxylic acids is 1. The predicted molar refractivity (Wildman–Crippen MR) is 161 cm³/mol. The van der Waals surface area contributed by atoms with Crippen molar-refractivity contribution in [3.8, 4) is 0 Å². The molecule has 0 aromatic rings. The van der Waals surface area contributed by atoms with E-state index in [2.05, 4.69) is 13.8 Å². The zero-order chi connectivity index (χ0) is 28.5. The van der Waals surface area contributed by atoms with Gasteiger partial charge in [-0.2, -0.15) is 0 Å². The first-order valence-electron chi connectivity index (χ1n) is 16.4. The van der Waals surface area contributed by atoms with E-state index < -0.39 is 12.1 Å². The van der Waals surface area contributed by atoms with Gasteiger partial charge in [-0.3, -0.25) is 9.59 Å². The lowest BCUT2D eigenvalue weighted by molar-refractivity contribution is -0.873. The molecule has 38 heavy (non-hydrogen) atoms. The van der Waals surface area contributed by atoms with E-state index in [9.17, 15) is 9.59 Å². The van der Waals surface area contributed by atoms with E-state index in [0.717, 1.165) is 18.8 Å². The number of nitrogens with zero attached hydrogens (tertiary/aromatic N) is 1. The van der Waals surface area contributed by atoms with E-state index >= 15 is 0 Å². The number of rotatable bonds is 28. The molecule has 0 bridgehead atoms. The van der Waals surface area contributed by atoms with Crippen LogP contribution in [0.5, 0.6) is 0 Å². The Balaban J connectivity index is 3.48. The molecule has 0 saturated heterocycles. The summed E-state index contributed by atoms with van der Waals surface area (Å²) in [6, 6.07) is 0. The van der Waals surface area contributed by atoms with Crippen LogP contribution in [0, 0.1) is 5.92 Å². The Bertz CT molecular complexity index is 558. The lowest BCUT2D eigenvalue weighted by Gasteiger charge is -2.28. The number of carboxylic acid groups (broad SMARTS) is 1. The van der Waals surface area contributed by atoms with Crippen molar-refractivity contribution >= 4 is 11.9 Å². The molecule has 0 aliphatic carbocycles. The maximum Gasteiger partial charge on any atom is 0.307 e. The zero-order valence-corrected chi connectivity index (χ0v) is 26.2. The third-order valence-corrected chi connectivity index (χ3v) is 7.58. The minimum atomic E-state index is -0.921. The number of quaternary nitrogens is 1. The number of esters is 1. The molecule has 0 aliphatic rings. The summed E-state index contributed by atoms with van der Waals surface area (Å²) in [5.41, 5.74) is 0. The number of carbonyl (C=O) groups is 2. The smallest absolute Gasteiger partial charge is 0.307 e. The largest absolute Gasteiger partial charge is 0.481 e. The van der Waals surface area contributed by atoms with Crippen LogP contribution in [0.15, 0.2) is 0 Å². The second-order valence-corrected chi connectivity index (χ2v) is 13.0. The van der Waals surface area contributed by atoms with E-state index in [4.69, 9.17) is 9.84 Å².